The Bertz CT molecular complexity index is 1370. The number of benzene rings is 4. The van der Waals surface area contributed by atoms with Crippen LogP contribution < -0.4 is 19.7 Å². The van der Waals surface area contributed by atoms with Gasteiger partial charge in [-0.05, 0) is 55.3 Å². The highest BCUT2D eigenvalue weighted by Crippen LogP contribution is 2.37. The highest BCUT2D eigenvalue weighted by molar-refractivity contribution is 6.02. The van der Waals surface area contributed by atoms with Crippen molar-refractivity contribution in [1.82, 2.24) is 0 Å². The third-order valence-corrected chi connectivity index (χ3v) is 6.57. The number of ether oxygens (including phenoxy) is 2. The normalized spacial score (nSPS) is 14.6. The van der Waals surface area contributed by atoms with Crippen LogP contribution in [0.25, 0.3) is 0 Å². The highest BCUT2D eigenvalue weighted by Gasteiger charge is 2.32. The summed E-state index contributed by atoms with van der Waals surface area (Å²) in [5, 5.41) is 3.06. The molecule has 0 bridgehead atoms. The van der Waals surface area contributed by atoms with Crippen LogP contribution in [0.3, 0.4) is 0 Å². The van der Waals surface area contributed by atoms with Gasteiger partial charge in [0.05, 0.1) is 18.2 Å². The number of hydrogen-bond acceptors (Lipinski definition) is 4. The first-order chi connectivity index (χ1) is 18.5. The Morgan fingerprint density at radius 1 is 0.921 bits per heavy atom. The summed E-state index contributed by atoms with van der Waals surface area (Å²) in [6, 6.07) is 32.6. The zero-order valence-corrected chi connectivity index (χ0v) is 21.5. The van der Waals surface area contributed by atoms with E-state index < -0.39 is 12.0 Å². The topological polar surface area (TPSA) is 67.9 Å². The third-order valence-electron chi connectivity index (χ3n) is 6.57. The summed E-state index contributed by atoms with van der Waals surface area (Å²) in [7, 11) is 0. The van der Waals surface area contributed by atoms with Crippen LogP contribution in [0.1, 0.15) is 29.5 Å². The van der Waals surface area contributed by atoms with Gasteiger partial charge in [-0.2, -0.15) is 0 Å². The second kappa shape index (κ2) is 11.2. The quantitative estimate of drug-likeness (QED) is 0.320. The van der Waals surface area contributed by atoms with Crippen molar-refractivity contribution in [3.8, 4) is 11.5 Å². The van der Waals surface area contributed by atoms with Crippen LogP contribution in [0.15, 0.2) is 103 Å². The summed E-state index contributed by atoms with van der Waals surface area (Å²) in [4.78, 5) is 28.3. The van der Waals surface area contributed by atoms with E-state index in [9.17, 15) is 9.59 Å². The van der Waals surface area contributed by atoms with Gasteiger partial charge in [0.1, 0.15) is 18.1 Å². The summed E-state index contributed by atoms with van der Waals surface area (Å²) < 4.78 is 11.7. The van der Waals surface area contributed by atoms with Gasteiger partial charge in [-0.3, -0.25) is 9.59 Å². The van der Waals surface area contributed by atoms with Gasteiger partial charge in [0.15, 0.2) is 6.10 Å². The van der Waals surface area contributed by atoms with Crippen LogP contribution in [0.5, 0.6) is 11.5 Å². The first-order valence-corrected chi connectivity index (χ1v) is 12.7. The lowest BCUT2D eigenvalue weighted by molar-refractivity contribution is -0.125. The zero-order valence-electron chi connectivity index (χ0n) is 21.5. The first kappa shape index (κ1) is 25.1. The molecule has 0 saturated carbocycles. The molecule has 38 heavy (non-hydrogen) atoms. The first-order valence-electron chi connectivity index (χ1n) is 12.7. The van der Waals surface area contributed by atoms with Gasteiger partial charge < -0.3 is 19.7 Å². The average Bonchev–Trinajstić information content (AvgIpc) is 2.93. The molecule has 1 aliphatic rings. The van der Waals surface area contributed by atoms with E-state index in [0.29, 0.717) is 30.3 Å². The van der Waals surface area contributed by atoms with Crippen LogP contribution in [0.4, 0.5) is 11.4 Å². The van der Waals surface area contributed by atoms with Crippen molar-refractivity contribution in [2.45, 2.75) is 25.9 Å². The Labute approximate surface area is 222 Å². The number of amides is 2. The Kier molecular flexibility index (Phi) is 7.40. The van der Waals surface area contributed by atoms with Crippen LogP contribution in [0.2, 0.25) is 0 Å². The lowest BCUT2D eigenvalue weighted by Crippen LogP contribution is -2.46. The number of anilines is 2. The Morgan fingerprint density at radius 2 is 1.55 bits per heavy atom. The molecule has 0 saturated heterocycles. The molecule has 6 nitrogen and oxygen atoms in total. The second-order valence-electron chi connectivity index (χ2n) is 9.34. The molecule has 0 radical (unpaired) electrons. The highest BCUT2D eigenvalue weighted by atomic mass is 16.5. The van der Waals surface area contributed by atoms with Crippen LogP contribution >= 0.6 is 0 Å². The minimum atomic E-state index is -0.608. The fraction of sp³-hybridized carbons (Fsp3) is 0.188. The summed E-state index contributed by atoms with van der Waals surface area (Å²) in [5.41, 5.74) is 4.14. The smallest absolute Gasteiger partial charge is 0.267 e. The third kappa shape index (κ3) is 5.54. The largest absolute Gasteiger partial charge is 0.492 e. The molecule has 0 aromatic heterocycles. The number of nitrogens with zero attached hydrogens (tertiary/aromatic N) is 1. The second-order valence-corrected chi connectivity index (χ2v) is 9.34. The van der Waals surface area contributed by atoms with Crippen molar-refractivity contribution in [2.75, 3.05) is 23.4 Å². The molecule has 1 atom stereocenters. The molecule has 0 aliphatic carbocycles. The maximum Gasteiger partial charge on any atom is 0.267 e. The van der Waals surface area contributed by atoms with Crippen molar-refractivity contribution in [1.29, 1.82) is 0 Å². The maximum absolute atomic E-state index is 13.6. The summed E-state index contributed by atoms with van der Waals surface area (Å²) in [6.45, 7) is 4.43. The van der Waals surface area contributed by atoms with E-state index in [-0.39, 0.29) is 11.8 Å². The molecule has 1 heterocycles. The van der Waals surface area contributed by atoms with E-state index in [0.717, 1.165) is 22.4 Å². The SMILES string of the molecule is Cc1ccc(OCCN2C(=O)C(C)Oc3ccc(NC(=O)C(c4ccccc4)c4ccccc4)cc32)cc1. The van der Waals surface area contributed by atoms with E-state index in [1.165, 1.54) is 0 Å². The average molecular weight is 507 g/mol. The predicted molar refractivity (Wildman–Crippen MR) is 149 cm³/mol. The minimum Gasteiger partial charge on any atom is -0.492 e. The fourth-order valence-corrected chi connectivity index (χ4v) is 4.61. The van der Waals surface area contributed by atoms with Gasteiger partial charge >= 0.3 is 0 Å². The lowest BCUT2D eigenvalue weighted by Gasteiger charge is -2.33. The van der Waals surface area contributed by atoms with Crippen molar-refractivity contribution < 1.29 is 19.1 Å². The molecule has 4 aromatic rings. The summed E-state index contributed by atoms with van der Waals surface area (Å²) in [5.74, 6) is 0.546. The molecule has 6 heteroatoms. The molecular formula is C32H30N2O4. The molecule has 192 valence electrons. The fourth-order valence-electron chi connectivity index (χ4n) is 4.61. The van der Waals surface area contributed by atoms with Crippen LogP contribution in [-0.4, -0.2) is 31.1 Å². The Hall–Kier alpha value is -4.58. The van der Waals surface area contributed by atoms with E-state index >= 15 is 0 Å². The van der Waals surface area contributed by atoms with Crippen molar-refractivity contribution in [3.63, 3.8) is 0 Å². The summed E-state index contributed by atoms with van der Waals surface area (Å²) in [6.07, 6.45) is -0.608. The van der Waals surface area contributed by atoms with E-state index in [4.69, 9.17) is 9.47 Å². The van der Waals surface area contributed by atoms with Gasteiger partial charge in [-0.1, -0.05) is 78.4 Å². The summed E-state index contributed by atoms with van der Waals surface area (Å²) >= 11 is 0. The standard InChI is InChI=1S/C32H30N2O4/c1-22-13-16-27(17-14-22)37-20-19-34-28-21-26(15-18-29(28)38-23(2)32(34)36)33-31(35)30(24-9-5-3-6-10-24)25-11-7-4-8-12-25/h3-18,21,23,30H,19-20H2,1-2H3,(H,33,35). The lowest BCUT2D eigenvalue weighted by atomic mass is 9.90. The van der Waals surface area contributed by atoms with Gasteiger partial charge in [0.2, 0.25) is 5.91 Å². The van der Waals surface area contributed by atoms with Crippen molar-refractivity contribution >= 4 is 23.2 Å². The zero-order chi connectivity index (χ0) is 26.5. The van der Waals surface area contributed by atoms with E-state index in [2.05, 4.69) is 5.32 Å². The Morgan fingerprint density at radius 3 is 2.18 bits per heavy atom. The van der Waals surface area contributed by atoms with Crippen molar-refractivity contribution in [2.24, 2.45) is 0 Å². The van der Waals surface area contributed by atoms with Crippen LogP contribution in [-0.2, 0) is 9.59 Å². The molecule has 2 amide bonds. The number of carbonyl (C=O) groups excluding carboxylic acids is 2. The van der Waals surface area contributed by atoms with E-state index in [1.54, 1.807) is 30.0 Å². The molecule has 0 spiro atoms. The number of aryl methyl sites for hydroxylation is 1. The van der Waals surface area contributed by atoms with E-state index in [1.807, 2.05) is 91.9 Å². The van der Waals surface area contributed by atoms with Gasteiger partial charge in [-0.25, -0.2) is 0 Å². The molecule has 5 rings (SSSR count). The number of fused-ring (bicyclic) bond motifs is 1. The molecule has 4 aromatic carbocycles. The number of hydrogen-bond donors (Lipinski definition) is 1. The monoisotopic (exact) mass is 506 g/mol. The van der Waals surface area contributed by atoms with Crippen LogP contribution in [0, 0.1) is 6.92 Å². The van der Waals surface area contributed by atoms with Crippen molar-refractivity contribution in [3.05, 3.63) is 120 Å². The molecular weight excluding hydrogens is 476 g/mol. The molecule has 0 fully saturated rings. The molecule has 1 unspecified atom stereocenters. The number of rotatable bonds is 8. The van der Waals surface area contributed by atoms with Gasteiger partial charge in [-0.15, -0.1) is 0 Å². The predicted octanol–water partition coefficient (Wildman–Crippen LogP) is 5.96. The minimum absolute atomic E-state index is 0.153. The number of carbonyl (C=O) groups is 2. The van der Waals surface area contributed by atoms with Gasteiger partial charge in [0.25, 0.3) is 5.91 Å². The van der Waals surface area contributed by atoms with Gasteiger partial charge in [0, 0.05) is 5.69 Å². The molecule has 1 aliphatic heterocycles. The Balaban J connectivity index is 1.37. The maximum atomic E-state index is 13.6. The number of nitrogens with one attached hydrogen (secondary N) is 1. The molecule has 1 N–H and O–H groups in total.